The second kappa shape index (κ2) is 10.5. The van der Waals surface area contributed by atoms with Gasteiger partial charge in [0.2, 0.25) is 0 Å². The Kier molecular flexibility index (Phi) is 9.80. The molecule has 0 aliphatic rings. The van der Waals surface area contributed by atoms with Crippen LogP contribution >= 0.6 is 0 Å². The molecule has 0 heterocycles. The van der Waals surface area contributed by atoms with Gasteiger partial charge in [-0.05, 0) is 12.8 Å². The standard InChI is InChI=1S/C13H23NO2/c1-3-4-5-6-7-8-9-13(10-11-14)16-12(2)15/h13H,3-10H2,1-2H3/t13-/m1/s1. The van der Waals surface area contributed by atoms with E-state index < -0.39 is 0 Å². The molecule has 3 nitrogen and oxygen atoms in total. The number of ether oxygens (including phenoxy) is 1. The Hall–Kier alpha value is -1.04. The number of hydrogen-bond donors (Lipinski definition) is 0. The first-order valence-electron chi connectivity index (χ1n) is 6.24. The van der Waals surface area contributed by atoms with Crippen LogP contribution in [0.1, 0.15) is 65.2 Å². The van der Waals surface area contributed by atoms with Crippen LogP contribution in [0.25, 0.3) is 0 Å². The van der Waals surface area contributed by atoms with E-state index in [1.807, 2.05) is 0 Å². The molecule has 0 bridgehead atoms. The molecule has 0 aromatic carbocycles. The van der Waals surface area contributed by atoms with E-state index in [0.717, 1.165) is 12.8 Å². The van der Waals surface area contributed by atoms with Gasteiger partial charge in [0.05, 0.1) is 12.5 Å². The van der Waals surface area contributed by atoms with E-state index in [0.29, 0.717) is 6.42 Å². The second-order valence-corrected chi connectivity index (χ2v) is 4.15. The van der Waals surface area contributed by atoms with Crippen molar-refractivity contribution < 1.29 is 9.53 Å². The summed E-state index contributed by atoms with van der Waals surface area (Å²) in [5.74, 6) is -0.286. The molecule has 0 N–H and O–H groups in total. The summed E-state index contributed by atoms with van der Waals surface area (Å²) in [6, 6.07) is 2.06. The van der Waals surface area contributed by atoms with Gasteiger partial charge in [0.15, 0.2) is 0 Å². The molecule has 0 aliphatic carbocycles. The number of carbonyl (C=O) groups is 1. The van der Waals surface area contributed by atoms with E-state index in [9.17, 15) is 4.79 Å². The lowest BCUT2D eigenvalue weighted by molar-refractivity contribution is -0.146. The van der Waals surface area contributed by atoms with Crippen LogP contribution in [0.3, 0.4) is 0 Å². The minimum atomic E-state index is -0.286. The number of esters is 1. The van der Waals surface area contributed by atoms with Crippen molar-refractivity contribution >= 4 is 5.97 Å². The highest BCUT2D eigenvalue weighted by Gasteiger charge is 2.10. The van der Waals surface area contributed by atoms with E-state index >= 15 is 0 Å². The summed E-state index contributed by atoms with van der Waals surface area (Å²) >= 11 is 0. The molecule has 0 unspecified atom stereocenters. The predicted molar refractivity (Wildman–Crippen MR) is 63.8 cm³/mol. The lowest BCUT2D eigenvalue weighted by Crippen LogP contribution is -2.15. The van der Waals surface area contributed by atoms with E-state index in [1.54, 1.807) is 0 Å². The van der Waals surface area contributed by atoms with Gasteiger partial charge in [0, 0.05) is 6.92 Å². The Morgan fingerprint density at radius 1 is 1.25 bits per heavy atom. The molecule has 0 fully saturated rings. The van der Waals surface area contributed by atoms with Gasteiger partial charge in [-0.2, -0.15) is 5.26 Å². The third kappa shape index (κ3) is 9.51. The van der Waals surface area contributed by atoms with Crippen molar-refractivity contribution in [2.24, 2.45) is 0 Å². The molecule has 0 saturated carbocycles. The van der Waals surface area contributed by atoms with Crippen LogP contribution in [0, 0.1) is 11.3 Å². The molecular weight excluding hydrogens is 202 g/mol. The average molecular weight is 225 g/mol. The van der Waals surface area contributed by atoms with Crippen LogP contribution in [0.4, 0.5) is 0 Å². The normalized spacial score (nSPS) is 11.8. The van der Waals surface area contributed by atoms with Crippen LogP contribution < -0.4 is 0 Å². The predicted octanol–water partition coefficient (Wildman–Crippen LogP) is 3.58. The summed E-state index contributed by atoms with van der Waals surface area (Å²) in [5, 5.41) is 8.58. The van der Waals surface area contributed by atoms with Gasteiger partial charge in [-0.3, -0.25) is 4.79 Å². The monoisotopic (exact) mass is 225 g/mol. The highest BCUT2D eigenvalue weighted by atomic mass is 16.5. The van der Waals surface area contributed by atoms with E-state index in [-0.39, 0.29) is 12.1 Å². The van der Waals surface area contributed by atoms with Gasteiger partial charge in [-0.25, -0.2) is 0 Å². The highest BCUT2D eigenvalue weighted by molar-refractivity contribution is 5.66. The first-order chi connectivity index (χ1) is 7.70. The maximum atomic E-state index is 10.8. The number of carbonyl (C=O) groups excluding carboxylic acids is 1. The second-order valence-electron chi connectivity index (χ2n) is 4.15. The molecule has 0 spiro atoms. The van der Waals surface area contributed by atoms with E-state index in [2.05, 4.69) is 13.0 Å². The summed E-state index contributed by atoms with van der Waals surface area (Å²) in [6.07, 6.45) is 8.23. The Morgan fingerprint density at radius 2 is 1.88 bits per heavy atom. The van der Waals surface area contributed by atoms with Crippen molar-refractivity contribution in [3.63, 3.8) is 0 Å². The molecule has 3 heteroatoms. The Labute approximate surface area is 98.8 Å². The fourth-order valence-electron chi connectivity index (χ4n) is 1.69. The van der Waals surface area contributed by atoms with Crippen LogP contribution in [0.5, 0.6) is 0 Å². The zero-order valence-corrected chi connectivity index (χ0v) is 10.5. The van der Waals surface area contributed by atoms with Crippen molar-refractivity contribution in [2.45, 2.75) is 71.3 Å². The zero-order valence-electron chi connectivity index (χ0n) is 10.5. The molecule has 0 radical (unpaired) electrons. The quantitative estimate of drug-likeness (QED) is 0.445. The molecule has 0 amide bonds. The van der Waals surface area contributed by atoms with Crippen LogP contribution in [-0.2, 0) is 9.53 Å². The summed E-state index contributed by atoms with van der Waals surface area (Å²) in [6.45, 7) is 3.59. The Bertz CT molecular complexity index is 220. The maximum Gasteiger partial charge on any atom is 0.302 e. The molecule has 16 heavy (non-hydrogen) atoms. The lowest BCUT2D eigenvalue weighted by atomic mass is 10.1. The molecule has 0 aromatic heterocycles. The van der Waals surface area contributed by atoms with E-state index in [4.69, 9.17) is 10.00 Å². The van der Waals surface area contributed by atoms with Gasteiger partial charge in [0.25, 0.3) is 0 Å². The number of nitrogens with zero attached hydrogens (tertiary/aromatic N) is 1. The fourth-order valence-corrected chi connectivity index (χ4v) is 1.69. The van der Waals surface area contributed by atoms with E-state index in [1.165, 1.54) is 39.0 Å². The summed E-state index contributed by atoms with van der Waals surface area (Å²) in [4.78, 5) is 10.8. The fraction of sp³-hybridized carbons (Fsp3) is 0.846. The zero-order chi connectivity index (χ0) is 12.2. The SMILES string of the molecule is CCCCCCCC[C@H](CC#N)OC(C)=O. The average Bonchev–Trinajstić information content (AvgIpc) is 2.22. The molecule has 92 valence electrons. The molecule has 1 atom stereocenters. The summed E-state index contributed by atoms with van der Waals surface area (Å²) in [7, 11) is 0. The maximum absolute atomic E-state index is 10.8. The molecule has 0 saturated heterocycles. The lowest BCUT2D eigenvalue weighted by Gasteiger charge is -2.13. The molecule has 0 aliphatic heterocycles. The Morgan fingerprint density at radius 3 is 2.44 bits per heavy atom. The number of unbranched alkanes of at least 4 members (excludes halogenated alkanes) is 5. The van der Waals surface area contributed by atoms with Gasteiger partial charge < -0.3 is 4.74 Å². The van der Waals surface area contributed by atoms with Gasteiger partial charge in [-0.1, -0.05) is 39.0 Å². The summed E-state index contributed by atoms with van der Waals surface area (Å²) < 4.78 is 5.06. The van der Waals surface area contributed by atoms with Gasteiger partial charge in [0.1, 0.15) is 6.10 Å². The first-order valence-corrected chi connectivity index (χ1v) is 6.24. The van der Waals surface area contributed by atoms with Crippen molar-refractivity contribution in [2.75, 3.05) is 0 Å². The third-order valence-electron chi connectivity index (χ3n) is 2.53. The molecular formula is C13H23NO2. The molecule has 0 rings (SSSR count). The minimum Gasteiger partial charge on any atom is -0.461 e. The van der Waals surface area contributed by atoms with Gasteiger partial charge in [-0.15, -0.1) is 0 Å². The minimum absolute atomic E-state index is 0.200. The summed E-state index contributed by atoms with van der Waals surface area (Å²) in [5.41, 5.74) is 0. The number of nitriles is 1. The van der Waals surface area contributed by atoms with Crippen LogP contribution in [0.2, 0.25) is 0 Å². The van der Waals surface area contributed by atoms with Gasteiger partial charge >= 0.3 is 5.97 Å². The van der Waals surface area contributed by atoms with Crippen molar-refractivity contribution in [3.05, 3.63) is 0 Å². The smallest absolute Gasteiger partial charge is 0.302 e. The largest absolute Gasteiger partial charge is 0.461 e. The van der Waals surface area contributed by atoms with Crippen molar-refractivity contribution in [1.29, 1.82) is 5.26 Å². The molecule has 0 aromatic rings. The first kappa shape index (κ1) is 15.0. The Balaban J connectivity index is 3.52. The highest BCUT2D eigenvalue weighted by Crippen LogP contribution is 2.12. The topological polar surface area (TPSA) is 50.1 Å². The number of rotatable bonds is 9. The third-order valence-corrected chi connectivity index (χ3v) is 2.53. The van der Waals surface area contributed by atoms with Crippen molar-refractivity contribution in [3.8, 4) is 6.07 Å². The van der Waals surface area contributed by atoms with Crippen LogP contribution in [0.15, 0.2) is 0 Å². The number of hydrogen-bond acceptors (Lipinski definition) is 3. The van der Waals surface area contributed by atoms with Crippen molar-refractivity contribution in [1.82, 2.24) is 0 Å². The van der Waals surface area contributed by atoms with Crippen LogP contribution in [-0.4, -0.2) is 12.1 Å².